The molecule has 7 nitrogen and oxygen atoms in total. The van der Waals surface area contributed by atoms with Crippen LogP contribution in [-0.4, -0.2) is 50.5 Å². The largest absolute Gasteiger partial charge is 0.354 e. The first kappa shape index (κ1) is 31.4. The molecule has 3 aromatic carbocycles. The molecule has 2 amide bonds. The van der Waals surface area contributed by atoms with E-state index in [0.29, 0.717) is 12.2 Å². The third-order valence-electron chi connectivity index (χ3n) is 6.51. The molecule has 3 aromatic rings. The molecule has 0 aliphatic heterocycles. The summed E-state index contributed by atoms with van der Waals surface area (Å²) in [6.45, 7) is 7.86. The summed E-state index contributed by atoms with van der Waals surface area (Å²) in [7, 11) is -3.81. The third kappa shape index (κ3) is 8.93. The van der Waals surface area contributed by atoms with E-state index in [0.717, 1.165) is 37.3 Å². The van der Waals surface area contributed by atoms with Gasteiger partial charge in [-0.2, -0.15) is 0 Å². The summed E-state index contributed by atoms with van der Waals surface area (Å²) in [4.78, 5) is 29.3. The number of carbonyl (C=O) groups excluding carboxylic acids is 2. The lowest BCUT2D eigenvalue weighted by molar-refractivity contribution is -0.140. The number of rotatable bonds is 12. The van der Waals surface area contributed by atoms with Gasteiger partial charge in [0.2, 0.25) is 21.8 Å². The van der Waals surface area contributed by atoms with E-state index in [1.54, 1.807) is 6.07 Å². The van der Waals surface area contributed by atoms with Crippen molar-refractivity contribution in [2.75, 3.05) is 23.7 Å². The number of hydrogen-bond acceptors (Lipinski definition) is 4. The maximum absolute atomic E-state index is 14.2. The van der Waals surface area contributed by atoms with Crippen molar-refractivity contribution < 1.29 is 18.0 Å². The molecular formula is C31H38BrN3O4S. The SMILES string of the molecule is Cc1ccc(C)c(N(CC(=O)N(Cc2cccc(Br)c2)[C@H](Cc2ccccc2)C(=O)NCC(C)C)S(C)(=O)=O)c1. The van der Waals surface area contributed by atoms with Crippen LogP contribution in [-0.2, 0) is 32.6 Å². The molecule has 0 heterocycles. The Bertz CT molecular complexity index is 1430. The number of aryl methyl sites for hydroxylation is 2. The van der Waals surface area contributed by atoms with E-state index in [9.17, 15) is 18.0 Å². The van der Waals surface area contributed by atoms with Gasteiger partial charge < -0.3 is 10.2 Å². The minimum absolute atomic E-state index is 0.134. The maximum atomic E-state index is 14.2. The first-order chi connectivity index (χ1) is 18.8. The van der Waals surface area contributed by atoms with Crippen LogP contribution < -0.4 is 9.62 Å². The second-order valence-corrected chi connectivity index (χ2v) is 13.4. The standard InChI is InChI=1S/C31H38BrN3O4S/c1-22(2)19-33-31(37)29(18-25-10-7-6-8-11-25)34(20-26-12-9-13-27(32)17-26)30(36)21-35(40(5,38)39)28-16-23(3)14-15-24(28)4/h6-17,22,29H,18-21H2,1-5H3,(H,33,37)/t29-/m1/s1. The van der Waals surface area contributed by atoms with E-state index < -0.39 is 28.5 Å². The summed E-state index contributed by atoms with van der Waals surface area (Å²) < 4.78 is 28.0. The Hall–Kier alpha value is -3.17. The Labute approximate surface area is 246 Å². The number of hydrogen-bond donors (Lipinski definition) is 1. The van der Waals surface area contributed by atoms with Gasteiger partial charge in [-0.1, -0.05) is 84.4 Å². The predicted octanol–water partition coefficient (Wildman–Crippen LogP) is 5.24. The second kappa shape index (κ2) is 13.9. The van der Waals surface area contributed by atoms with Gasteiger partial charge in [-0.25, -0.2) is 8.42 Å². The molecule has 0 unspecified atom stereocenters. The molecule has 1 atom stereocenters. The molecule has 9 heteroatoms. The van der Waals surface area contributed by atoms with Gasteiger partial charge in [0.15, 0.2) is 0 Å². The first-order valence-corrected chi connectivity index (χ1v) is 15.9. The highest BCUT2D eigenvalue weighted by atomic mass is 79.9. The van der Waals surface area contributed by atoms with Crippen LogP contribution >= 0.6 is 15.9 Å². The summed E-state index contributed by atoms with van der Waals surface area (Å²) in [6, 6.07) is 21.7. The van der Waals surface area contributed by atoms with E-state index >= 15 is 0 Å². The molecule has 0 saturated carbocycles. The maximum Gasteiger partial charge on any atom is 0.244 e. The highest BCUT2D eigenvalue weighted by Gasteiger charge is 2.33. The molecule has 0 radical (unpaired) electrons. The zero-order valence-electron chi connectivity index (χ0n) is 23.7. The third-order valence-corrected chi connectivity index (χ3v) is 8.13. The molecular weight excluding hydrogens is 590 g/mol. The van der Waals surface area contributed by atoms with Gasteiger partial charge >= 0.3 is 0 Å². The molecule has 1 N–H and O–H groups in total. The fraction of sp³-hybridized carbons (Fsp3) is 0.355. The van der Waals surface area contributed by atoms with Gasteiger partial charge in [0, 0.05) is 24.0 Å². The lowest BCUT2D eigenvalue weighted by atomic mass is 10.0. The Morgan fingerprint density at radius 3 is 2.23 bits per heavy atom. The van der Waals surface area contributed by atoms with Crippen molar-refractivity contribution in [3.05, 3.63) is 99.5 Å². The molecule has 0 bridgehead atoms. The molecule has 40 heavy (non-hydrogen) atoms. The summed E-state index contributed by atoms with van der Waals surface area (Å²) in [6.07, 6.45) is 1.38. The Balaban J connectivity index is 2.07. The molecule has 3 rings (SSSR count). The van der Waals surface area contributed by atoms with Crippen molar-refractivity contribution in [3.63, 3.8) is 0 Å². The quantitative estimate of drug-likeness (QED) is 0.297. The average Bonchev–Trinajstić information content (AvgIpc) is 2.89. The summed E-state index contributed by atoms with van der Waals surface area (Å²) in [5, 5.41) is 2.99. The van der Waals surface area contributed by atoms with Crippen LogP contribution in [0, 0.1) is 19.8 Å². The molecule has 214 valence electrons. The zero-order valence-corrected chi connectivity index (χ0v) is 26.1. The minimum Gasteiger partial charge on any atom is -0.354 e. The van der Waals surface area contributed by atoms with Crippen molar-refractivity contribution in [1.82, 2.24) is 10.2 Å². The molecule has 0 aliphatic carbocycles. The van der Waals surface area contributed by atoms with Crippen LogP contribution in [0.3, 0.4) is 0 Å². The molecule has 0 spiro atoms. The van der Waals surface area contributed by atoms with Gasteiger partial charge in [-0.05, 0) is 60.2 Å². The van der Waals surface area contributed by atoms with Gasteiger partial charge in [-0.3, -0.25) is 13.9 Å². The fourth-order valence-corrected chi connectivity index (χ4v) is 5.74. The normalized spacial score (nSPS) is 12.2. The molecule has 0 fully saturated rings. The second-order valence-electron chi connectivity index (χ2n) is 10.6. The molecule has 0 saturated heterocycles. The summed E-state index contributed by atoms with van der Waals surface area (Å²) in [5.41, 5.74) is 3.77. The van der Waals surface area contributed by atoms with E-state index in [4.69, 9.17) is 0 Å². The van der Waals surface area contributed by atoms with E-state index in [1.807, 2.05) is 94.4 Å². The molecule has 0 aliphatic rings. The van der Waals surface area contributed by atoms with Crippen LogP contribution in [0.1, 0.15) is 36.1 Å². The Morgan fingerprint density at radius 1 is 0.925 bits per heavy atom. The minimum atomic E-state index is -3.81. The van der Waals surface area contributed by atoms with Crippen molar-refractivity contribution in [2.24, 2.45) is 5.92 Å². The first-order valence-electron chi connectivity index (χ1n) is 13.3. The number of amides is 2. The van der Waals surface area contributed by atoms with Gasteiger partial charge in [-0.15, -0.1) is 0 Å². The van der Waals surface area contributed by atoms with Crippen LogP contribution in [0.4, 0.5) is 5.69 Å². The monoisotopic (exact) mass is 627 g/mol. The Morgan fingerprint density at radius 2 is 1.60 bits per heavy atom. The number of halogens is 1. The van der Waals surface area contributed by atoms with Crippen LogP contribution in [0.15, 0.2) is 77.3 Å². The Kier molecular flexibility index (Phi) is 10.9. The number of anilines is 1. The van der Waals surface area contributed by atoms with Crippen LogP contribution in [0.2, 0.25) is 0 Å². The summed E-state index contributed by atoms with van der Waals surface area (Å²) in [5.74, 6) is -0.522. The van der Waals surface area contributed by atoms with Crippen molar-refractivity contribution in [2.45, 2.75) is 46.7 Å². The topological polar surface area (TPSA) is 86.8 Å². The number of benzene rings is 3. The molecule has 0 aromatic heterocycles. The van der Waals surface area contributed by atoms with Crippen molar-refractivity contribution in [3.8, 4) is 0 Å². The number of nitrogens with zero attached hydrogens (tertiary/aromatic N) is 2. The highest BCUT2D eigenvalue weighted by molar-refractivity contribution is 9.10. The number of nitrogens with one attached hydrogen (secondary N) is 1. The smallest absolute Gasteiger partial charge is 0.244 e. The van der Waals surface area contributed by atoms with Crippen LogP contribution in [0.5, 0.6) is 0 Å². The predicted molar refractivity (Wildman–Crippen MR) is 165 cm³/mol. The van der Waals surface area contributed by atoms with Gasteiger partial charge in [0.25, 0.3) is 0 Å². The van der Waals surface area contributed by atoms with Crippen molar-refractivity contribution in [1.29, 1.82) is 0 Å². The van der Waals surface area contributed by atoms with E-state index in [2.05, 4.69) is 21.2 Å². The zero-order chi connectivity index (χ0) is 29.4. The van der Waals surface area contributed by atoms with Crippen LogP contribution in [0.25, 0.3) is 0 Å². The lowest BCUT2D eigenvalue weighted by Crippen LogP contribution is -2.53. The fourth-order valence-electron chi connectivity index (χ4n) is 4.39. The van der Waals surface area contributed by atoms with Crippen molar-refractivity contribution >= 4 is 43.5 Å². The number of sulfonamides is 1. The lowest BCUT2D eigenvalue weighted by Gasteiger charge is -2.34. The van der Waals surface area contributed by atoms with E-state index in [-0.39, 0.29) is 24.8 Å². The van der Waals surface area contributed by atoms with Gasteiger partial charge in [0.05, 0.1) is 11.9 Å². The van der Waals surface area contributed by atoms with E-state index in [1.165, 1.54) is 4.90 Å². The summed E-state index contributed by atoms with van der Waals surface area (Å²) >= 11 is 3.49. The van der Waals surface area contributed by atoms with Gasteiger partial charge in [0.1, 0.15) is 12.6 Å². The average molecular weight is 629 g/mol. The number of carbonyl (C=O) groups is 2. The highest BCUT2D eigenvalue weighted by Crippen LogP contribution is 2.25.